The van der Waals surface area contributed by atoms with Crippen LogP contribution in [0.2, 0.25) is 0 Å². The second kappa shape index (κ2) is 110. The number of ether oxygens (including phenoxy) is 4. The Hall–Kier alpha value is -3.32. The van der Waals surface area contributed by atoms with Gasteiger partial charge in [-0.3, -0.25) is 0 Å². The zero-order valence-corrected chi connectivity index (χ0v) is 38.2. The Morgan fingerprint density at radius 3 is 0.462 bits per heavy atom. The molecule has 0 aliphatic carbocycles. The normalized spacial score (nSPS) is 6.73. The van der Waals surface area contributed by atoms with E-state index in [-0.39, 0.29) is 6.61 Å². The first kappa shape index (κ1) is 74.0. The molecule has 0 bridgehead atoms. The van der Waals surface area contributed by atoms with Crippen molar-refractivity contribution in [3.63, 3.8) is 0 Å². The van der Waals surface area contributed by atoms with Gasteiger partial charge in [-0.2, -0.15) is 0 Å². The van der Waals surface area contributed by atoms with Crippen molar-refractivity contribution in [1.29, 1.82) is 0 Å². The molecule has 1 N–H and O–H groups in total. The number of hydrogen-bond donors (Lipinski definition) is 1. The van der Waals surface area contributed by atoms with Crippen LogP contribution in [0.5, 0.6) is 0 Å². The fraction of sp³-hybridized carbons (Fsp3) is 0.489. The molecule has 0 radical (unpaired) electrons. The minimum Gasteiger partial charge on any atom is -0.397 e. The smallest absolute Gasteiger partial charge is 0.0402 e. The van der Waals surface area contributed by atoms with Crippen LogP contribution in [0.25, 0.3) is 0 Å². The molecule has 4 rings (SSSR count). The van der Waals surface area contributed by atoms with Crippen molar-refractivity contribution < 1.29 is 24.1 Å². The van der Waals surface area contributed by atoms with Gasteiger partial charge in [-0.25, -0.2) is 0 Å². The summed E-state index contributed by atoms with van der Waals surface area (Å²) in [5.41, 5.74) is 2.64. The molecule has 0 saturated heterocycles. The van der Waals surface area contributed by atoms with Crippen LogP contribution in [-0.4, -0.2) is 68.6 Å². The van der Waals surface area contributed by atoms with E-state index in [9.17, 15) is 0 Å². The lowest BCUT2D eigenvalue weighted by molar-refractivity contribution is 0.277. The SMILES string of the molecule is CC.CC.CC.CC.CCC.CCO.COC.COC.COC.COC.Cc1ccccc1.Cc1ccccc1.c1ccccc1.c1ccccc1. The van der Waals surface area contributed by atoms with Gasteiger partial charge in [0.15, 0.2) is 0 Å². The van der Waals surface area contributed by atoms with Crippen LogP contribution in [0, 0.1) is 13.8 Å². The molecule has 0 saturated carbocycles. The van der Waals surface area contributed by atoms with E-state index in [0.29, 0.717) is 0 Å². The number of methoxy groups -OCH3 is 4. The molecule has 308 valence electrons. The maximum absolute atomic E-state index is 7.57. The number of aryl methyl sites for hydroxylation is 2. The van der Waals surface area contributed by atoms with Gasteiger partial charge in [-0.05, 0) is 20.8 Å². The highest BCUT2D eigenvalue weighted by Gasteiger charge is 1.72. The van der Waals surface area contributed by atoms with Crippen LogP contribution in [0.3, 0.4) is 0 Å². The van der Waals surface area contributed by atoms with Gasteiger partial charge in [0.2, 0.25) is 0 Å². The summed E-state index contributed by atoms with van der Waals surface area (Å²) in [5.74, 6) is 0. The van der Waals surface area contributed by atoms with Crippen molar-refractivity contribution in [2.45, 2.75) is 96.4 Å². The monoisotopic (exact) mass is 735 g/mol. The summed E-state index contributed by atoms with van der Waals surface area (Å²) in [6, 6.07) is 44.5. The third-order valence-electron chi connectivity index (χ3n) is 3.21. The third-order valence-corrected chi connectivity index (χ3v) is 3.21. The quantitative estimate of drug-likeness (QED) is 0.195. The lowest BCUT2D eigenvalue weighted by atomic mass is 10.2. The minimum atomic E-state index is 0.250. The van der Waals surface area contributed by atoms with Crippen LogP contribution in [0.1, 0.15) is 93.7 Å². The van der Waals surface area contributed by atoms with Crippen LogP contribution < -0.4 is 0 Å². The topological polar surface area (TPSA) is 57.2 Å². The molecule has 4 aromatic rings. The van der Waals surface area contributed by atoms with Crippen molar-refractivity contribution in [3.8, 4) is 0 Å². The summed E-state index contributed by atoms with van der Waals surface area (Å²) >= 11 is 0. The highest BCUT2D eigenvalue weighted by atomic mass is 16.5. The Labute approximate surface area is 327 Å². The first-order valence-electron chi connectivity index (χ1n) is 18.5. The van der Waals surface area contributed by atoms with Gasteiger partial charge in [-0.15, -0.1) is 0 Å². The zero-order chi connectivity index (χ0) is 43.0. The molecule has 4 aromatic carbocycles. The molecule has 0 spiro atoms. The van der Waals surface area contributed by atoms with Gasteiger partial charge in [0.05, 0.1) is 0 Å². The molecule has 5 heteroatoms. The molecule has 5 nitrogen and oxygen atoms in total. The van der Waals surface area contributed by atoms with Crippen molar-refractivity contribution in [2.24, 2.45) is 0 Å². The van der Waals surface area contributed by atoms with Crippen molar-refractivity contribution >= 4 is 0 Å². The van der Waals surface area contributed by atoms with Gasteiger partial charge >= 0.3 is 0 Å². The van der Waals surface area contributed by atoms with Crippen LogP contribution in [-0.2, 0) is 18.9 Å². The van der Waals surface area contributed by atoms with E-state index in [1.54, 1.807) is 63.8 Å². The number of benzene rings is 4. The second-order valence-corrected chi connectivity index (χ2v) is 8.28. The van der Waals surface area contributed by atoms with Gasteiger partial charge in [-0.1, -0.05) is 220 Å². The number of rotatable bonds is 0. The fourth-order valence-corrected chi connectivity index (χ4v) is 1.84. The molecule has 0 aliphatic heterocycles. The van der Waals surface area contributed by atoms with E-state index in [2.05, 4.69) is 70.9 Å². The van der Waals surface area contributed by atoms with Gasteiger partial charge in [0.1, 0.15) is 0 Å². The number of hydrogen-bond acceptors (Lipinski definition) is 5. The standard InChI is InChI=1S/2C7H8.2C6H6.C3H8.5C2H6O.4C2H6/c2*1-7-5-3-2-4-6-7;2*1-2-4-6-5-3-1;5*1-3-2;1-2-3;4*1-2/h2*2-6H,1H3;2*1-6H;3H2,1-2H3;4*1-2H3;3H,2H2,1H3;4*1-2H3. The Morgan fingerprint density at radius 1 is 0.327 bits per heavy atom. The summed E-state index contributed by atoms with van der Waals surface area (Å²) in [6.07, 6.45) is 1.25. The van der Waals surface area contributed by atoms with E-state index < -0.39 is 0 Å². The Bertz CT molecular complexity index is 710. The van der Waals surface area contributed by atoms with E-state index in [0.717, 1.165) is 0 Å². The molecular formula is C47H90O5. The third kappa shape index (κ3) is 160. The lowest BCUT2D eigenvalue weighted by Crippen LogP contribution is -1.62. The first-order chi connectivity index (χ1) is 25.3. The summed E-state index contributed by atoms with van der Waals surface area (Å²) < 4.78 is 17.0. The van der Waals surface area contributed by atoms with Gasteiger partial charge in [0, 0.05) is 63.5 Å². The number of aliphatic hydroxyl groups excluding tert-OH is 1. The number of aliphatic hydroxyl groups is 1. The predicted molar refractivity (Wildman–Crippen MR) is 241 cm³/mol. The van der Waals surface area contributed by atoms with Crippen molar-refractivity contribution in [3.05, 3.63) is 145 Å². The van der Waals surface area contributed by atoms with E-state index in [4.69, 9.17) is 5.11 Å². The molecule has 52 heavy (non-hydrogen) atoms. The molecular weight excluding hydrogens is 645 g/mol. The molecule has 0 unspecified atom stereocenters. The van der Waals surface area contributed by atoms with Crippen molar-refractivity contribution in [1.82, 2.24) is 0 Å². The fourth-order valence-electron chi connectivity index (χ4n) is 1.84. The molecule has 0 aromatic heterocycles. The predicted octanol–water partition coefficient (Wildman–Crippen LogP) is 13.9. The lowest BCUT2D eigenvalue weighted by Gasteiger charge is -1.82. The highest BCUT2D eigenvalue weighted by Crippen LogP contribution is 1.92. The first-order valence-corrected chi connectivity index (χ1v) is 18.5. The Balaban J connectivity index is -0.0000000471. The summed E-state index contributed by atoms with van der Waals surface area (Å²) in [5, 5.41) is 7.57. The van der Waals surface area contributed by atoms with Crippen LogP contribution in [0.4, 0.5) is 0 Å². The largest absolute Gasteiger partial charge is 0.397 e. The summed E-state index contributed by atoms with van der Waals surface area (Å²) in [7, 11) is 13.0. The summed E-state index contributed by atoms with van der Waals surface area (Å²) in [6.45, 7) is 26.3. The van der Waals surface area contributed by atoms with E-state index >= 15 is 0 Å². The molecule has 0 heterocycles. The molecule has 0 fully saturated rings. The van der Waals surface area contributed by atoms with Gasteiger partial charge in [0.25, 0.3) is 0 Å². The second-order valence-electron chi connectivity index (χ2n) is 8.28. The van der Waals surface area contributed by atoms with Crippen LogP contribution in [0.15, 0.2) is 133 Å². The molecule has 0 amide bonds. The van der Waals surface area contributed by atoms with Crippen LogP contribution >= 0.6 is 0 Å². The highest BCUT2D eigenvalue weighted by molar-refractivity contribution is 5.12. The molecule has 0 atom stereocenters. The Kier molecular flexibility index (Phi) is 157. The molecule has 0 aliphatic rings. The minimum absolute atomic E-state index is 0.250. The van der Waals surface area contributed by atoms with Gasteiger partial charge < -0.3 is 24.1 Å². The Morgan fingerprint density at radius 2 is 0.404 bits per heavy atom. The summed E-state index contributed by atoms with van der Waals surface area (Å²) in [4.78, 5) is 0. The average molecular weight is 735 g/mol. The van der Waals surface area contributed by atoms with E-state index in [1.807, 2.05) is 165 Å². The maximum atomic E-state index is 7.57. The zero-order valence-electron chi connectivity index (χ0n) is 38.2. The van der Waals surface area contributed by atoms with E-state index in [1.165, 1.54) is 17.5 Å². The van der Waals surface area contributed by atoms with Crippen molar-refractivity contribution in [2.75, 3.05) is 63.5 Å². The maximum Gasteiger partial charge on any atom is 0.0402 e. The average Bonchev–Trinajstić information content (AvgIpc) is 3.20.